The number of rotatable bonds is 14. The van der Waals surface area contributed by atoms with Gasteiger partial charge in [-0.1, -0.05) is 39.3 Å². The van der Waals surface area contributed by atoms with Gasteiger partial charge in [0.05, 0.1) is 19.0 Å². The van der Waals surface area contributed by atoms with Gasteiger partial charge >= 0.3 is 0 Å². The Labute approximate surface area is 249 Å². The number of pyridine rings is 2. The fourth-order valence-electron chi connectivity index (χ4n) is 4.62. The Balaban J connectivity index is 1.49. The van der Waals surface area contributed by atoms with Crippen molar-refractivity contribution in [1.29, 1.82) is 0 Å². The third-order valence-corrected chi connectivity index (χ3v) is 10.8. The Morgan fingerprint density at radius 3 is 2.24 bits per heavy atom. The van der Waals surface area contributed by atoms with Crippen molar-refractivity contribution < 1.29 is 19.0 Å². The molecule has 0 saturated heterocycles. The molecule has 12 heteroatoms. The van der Waals surface area contributed by atoms with E-state index in [2.05, 4.69) is 55.6 Å². The highest BCUT2D eigenvalue weighted by Gasteiger charge is 2.30. The van der Waals surface area contributed by atoms with Gasteiger partial charge in [0.2, 0.25) is 11.8 Å². The molecule has 4 heterocycles. The monoisotopic (exact) mass is 608 g/mol. The molecule has 1 fully saturated rings. The van der Waals surface area contributed by atoms with Crippen molar-refractivity contribution in [2.24, 2.45) is 5.92 Å². The average molecular weight is 609 g/mol. The van der Waals surface area contributed by atoms with E-state index in [1.807, 2.05) is 27.5 Å². The summed E-state index contributed by atoms with van der Waals surface area (Å²) in [7, 11) is -0.783. The SMILES string of the molecule is COc1nc2ncn(COCC[Si](C)(C)C)c2cc1-c1cn(COCC[Si](C)(C)C)c2nc(NC(=O)C3CC3)ccc12. The maximum absolute atomic E-state index is 12.5. The lowest BCUT2D eigenvalue weighted by Crippen LogP contribution is -2.22. The molecule has 0 radical (unpaired) electrons. The average Bonchev–Trinajstić information content (AvgIpc) is 3.62. The van der Waals surface area contributed by atoms with Gasteiger partial charge in [0.15, 0.2) is 5.65 Å². The fraction of sp³-hybridized carbons (Fsp3) is 0.533. The molecule has 0 spiro atoms. The topological polar surface area (TPSA) is 105 Å². The normalized spacial score (nSPS) is 14.2. The number of fused-ring (bicyclic) bond motifs is 2. The minimum atomic E-state index is -1.23. The number of amides is 1. The number of nitrogens with one attached hydrogen (secondary N) is 1. The first-order valence-electron chi connectivity index (χ1n) is 14.8. The summed E-state index contributed by atoms with van der Waals surface area (Å²) in [6.45, 7) is 16.2. The number of carbonyl (C=O) groups is 1. The predicted octanol–water partition coefficient (Wildman–Crippen LogP) is 6.43. The summed E-state index contributed by atoms with van der Waals surface area (Å²) in [6, 6.07) is 8.10. The number of imidazole rings is 1. The van der Waals surface area contributed by atoms with Crippen molar-refractivity contribution in [3.63, 3.8) is 0 Å². The molecule has 1 N–H and O–H groups in total. The Hall–Kier alpha value is -3.07. The summed E-state index contributed by atoms with van der Waals surface area (Å²) in [5, 5.41) is 3.91. The van der Waals surface area contributed by atoms with Crippen molar-refractivity contribution >= 4 is 50.1 Å². The van der Waals surface area contributed by atoms with Gasteiger partial charge in [-0.15, -0.1) is 0 Å². The van der Waals surface area contributed by atoms with Crippen LogP contribution in [-0.2, 0) is 27.7 Å². The molecule has 0 atom stereocenters. The zero-order chi connectivity index (χ0) is 30.1. The summed E-state index contributed by atoms with van der Waals surface area (Å²) >= 11 is 0. The van der Waals surface area contributed by atoms with Crippen LogP contribution in [0.25, 0.3) is 33.3 Å². The Morgan fingerprint density at radius 1 is 0.952 bits per heavy atom. The van der Waals surface area contributed by atoms with Crippen LogP contribution in [0.2, 0.25) is 51.4 Å². The zero-order valence-corrected chi connectivity index (χ0v) is 28.0. The number of hydrogen-bond donors (Lipinski definition) is 1. The maximum atomic E-state index is 12.5. The highest BCUT2D eigenvalue weighted by molar-refractivity contribution is 6.76. The van der Waals surface area contributed by atoms with Crippen LogP contribution < -0.4 is 10.1 Å². The van der Waals surface area contributed by atoms with Gasteiger partial charge in [0, 0.05) is 58.0 Å². The molecule has 5 rings (SSSR count). The van der Waals surface area contributed by atoms with Crippen LogP contribution in [0, 0.1) is 5.92 Å². The molecule has 42 heavy (non-hydrogen) atoms. The first-order chi connectivity index (χ1) is 19.9. The number of anilines is 1. The van der Waals surface area contributed by atoms with Gasteiger partial charge in [-0.25, -0.2) is 9.97 Å². The number of ether oxygens (including phenoxy) is 3. The molecule has 0 aromatic carbocycles. The molecule has 4 aromatic heterocycles. The van der Waals surface area contributed by atoms with Gasteiger partial charge < -0.3 is 28.7 Å². The molecule has 4 aromatic rings. The standard InChI is InChI=1S/C30H44N6O4Si2/c1-38-30-23(16-25-27(34-30)31-18-36(25)20-40-13-15-42(5,6)7)24-17-35(19-39-12-14-41(2,3)4)28-22(24)10-11-26(32-28)33-29(37)21-8-9-21/h10-11,16-18,21H,8-9,12-15,19-20H2,1-7H3,(H,32,33,37). The van der Waals surface area contributed by atoms with E-state index in [1.54, 1.807) is 13.4 Å². The van der Waals surface area contributed by atoms with Crippen LogP contribution >= 0.6 is 0 Å². The third-order valence-electron chi connectivity index (χ3n) is 7.44. The largest absolute Gasteiger partial charge is 0.480 e. The minimum Gasteiger partial charge on any atom is -0.480 e. The van der Waals surface area contributed by atoms with E-state index in [9.17, 15) is 4.79 Å². The second-order valence-corrected chi connectivity index (χ2v) is 24.9. The van der Waals surface area contributed by atoms with Gasteiger partial charge in [-0.3, -0.25) is 4.79 Å². The van der Waals surface area contributed by atoms with Crippen LogP contribution in [0.15, 0.2) is 30.7 Å². The highest BCUT2D eigenvalue weighted by Crippen LogP contribution is 2.38. The molecule has 0 aliphatic heterocycles. The van der Waals surface area contributed by atoms with Crippen LogP contribution in [0.5, 0.6) is 5.88 Å². The lowest BCUT2D eigenvalue weighted by atomic mass is 10.1. The van der Waals surface area contributed by atoms with E-state index in [1.165, 1.54) is 0 Å². The molecule has 1 saturated carbocycles. The summed E-state index contributed by atoms with van der Waals surface area (Å²) in [6.07, 6.45) is 5.68. The molecule has 0 bridgehead atoms. The smallest absolute Gasteiger partial charge is 0.228 e. The molecule has 1 aliphatic rings. The number of nitrogens with zero attached hydrogens (tertiary/aromatic N) is 5. The Bertz CT molecular complexity index is 1570. The second kappa shape index (κ2) is 12.3. The zero-order valence-electron chi connectivity index (χ0n) is 26.0. The van der Waals surface area contributed by atoms with Crippen LogP contribution in [0.4, 0.5) is 5.82 Å². The Kier molecular flexibility index (Phi) is 8.88. The van der Waals surface area contributed by atoms with E-state index in [0.717, 1.165) is 59.2 Å². The molecular weight excluding hydrogens is 565 g/mol. The molecule has 1 amide bonds. The number of aromatic nitrogens is 5. The van der Waals surface area contributed by atoms with Crippen LogP contribution in [0.3, 0.4) is 0 Å². The molecule has 0 unspecified atom stereocenters. The first kappa shape index (κ1) is 30.4. The van der Waals surface area contributed by atoms with Gasteiger partial charge in [-0.05, 0) is 43.1 Å². The van der Waals surface area contributed by atoms with Crippen LogP contribution in [0.1, 0.15) is 12.8 Å². The maximum Gasteiger partial charge on any atom is 0.228 e. The van der Waals surface area contributed by atoms with Crippen LogP contribution in [-0.4, -0.2) is 66.5 Å². The van der Waals surface area contributed by atoms with Crippen molar-refractivity contribution in [3.05, 3.63) is 30.7 Å². The van der Waals surface area contributed by atoms with E-state index in [-0.39, 0.29) is 11.8 Å². The summed E-state index contributed by atoms with van der Waals surface area (Å²) in [5.74, 6) is 1.16. The summed E-state index contributed by atoms with van der Waals surface area (Å²) in [4.78, 5) is 26.6. The lowest BCUT2D eigenvalue weighted by Gasteiger charge is -2.15. The summed E-state index contributed by atoms with van der Waals surface area (Å²) in [5.41, 5.74) is 3.96. The minimum absolute atomic E-state index is 0.0308. The second-order valence-electron chi connectivity index (χ2n) is 13.6. The van der Waals surface area contributed by atoms with Crippen molar-refractivity contribution in [2.75, 3.05) is 25.6 Å². The quantitative estimate of drug-likeness (QED) is 0.130. The van der Waals surface area contributed by atoms with E-state index < -0.39 is 16.1 Å². The molecule has 226 valence electrons. The molecule has 1 aliphatic carbocycles. The van der Waals surface area contributed by atoms with Gasteiger partial charge in [0.25, 0.3) is 0 Å². The van der Waals surface area contributed by atoms with Crippen molar-refractivity contribution in [3.8, 4) is 17.0 Å². The number of carbonyl (C=O) groups excluding carboxylic acids is 1. The number of methoxy groups -OCH3 is 1. The van der Waals surface area contributed by atoms with E-state index in [0.29, 0.717) is 37.4 Å². The van der Waals surface area contributed by atoms with E-state index in [4.69, 9.17) is 24.2 Å². The van der Waals surface area contributed by atoms with E-state index >= 15 is 0 Å². The summed E-state index contributed by atoms with van der Waals surface area (Å²) < 4.78 is 21.9. The van der Waals surface area contributed by atoms with Crippen molar-refractivity contribution in [2.45, 2.75) is 77.7 Å². The van der Waals surface area contributed by atoms with Gasteiger partial charge in [0.1, 0.15) is 24.9 Å². The molecule has 10 nitrogen and oxygen atoms in total. The predicted molar refractivity (Wildman–Crippen MR) is 172 cm³/mol. The number of hydrogen-bond acceptors (Lipinski definition) is 7. The van der Waals surface area contributed by atoms with Crippen molar-refractivity contribution in [1.82, 2.24) is 24.1 Å². The lowest BCUT2D eigenvalue weighted by molar-refractivity contribution is -0.117. The molecular formula is C30H44N6O4Si2. The highest BCUT2D eigenvalue weighted by atomic mass is 28.3. The fourth-order valence-corrected chi connectivity index (χ4v) is 6.14. The third kappa shape index (κ3) is 7.46. The first-order valence-corrected chi connectivity index (χ1v) is 22.2. The Morgan fingerprint density at radius 2 is 1.62 bits per heavy atom. The van der Waals surface area contributed by atoms with Gasteiger partial charge in [-0.2, -0.15) is 4.98 Å².